The summed E-state index contributed by atoms with van der Waals surface area (Å²) in [4.78, 5) is 6.08. The van der Waals surface area contributed by atoms with Crippen LogP contribution in [-0.4, -0.2) is 25.0 Å². The first kappa shape index (κ1) is 11.5. The fraction of sp³-hybridized carbons (Fsp3) is 0.364. The van der Waals surface area contributed by atoms with Gasteiger partial charge in [0.05, 0.1) is 6.54 Å². The van der Waals surface area contributed by atoms with Crippen molar-refractivity contribution in [1.82, 2.24) is 4.90 Å². The third-order valence-electron chi connectivity index (χ3n) is 1.97. The standard InChI is InChI=1S/C11H18N4/c1-15(2)8-10-5-3-9(4-6-10)7-14-11(12)13/h3-6H,7-8H2,1-2H3,(H4,12,13,14). The first-order chi connectivity index (χ1) is 7.08. The van der Waals surface area contributed by atoms with E-state index in [2.05, 4.69) is 22.0 Å². The Morgan fingerprint density at radius 3 is 2.13 bits per heavy atom. The van der Waals surface area contributed by atoms with Crippen LogP contribution >= 0.6 is 0 Å². The van der Waals surface area contributed by atoms with Gasteiger partial charge in [-0.3, -0.25) is 0 Å². The quantitative estimate of drug-likeness (QED) is 0.557. The van der Waals surface area contributed by atoms with Gasteiger partial charge in [-0.2, -0.15) is 0 Å². The van der Waals surface area contributed by atoms with Gasteiger partial charge in [-0.25, -0.2) is 4.99 Å². The minimum Gasteiger partial charge on any atom is -0.370 e. The van der Waals surface area contributed by atoms with Gasteiger partial charge < -0.3 is 16.4 Å². The van der Waals surface area contributed by atoms with Gasteiger partial charge >= 0.3 is 0 Å². The molecule has 0 aromatic heterocycles. The molecule has 4 N–H and O–H groups in total. The lowest BCUT2D eigenvalue weighted by Gasteiger charge is -2.09. The van der Waals surface area contributed by atoms with E-state index >= 15 is 0 Å². The molecule has 0 aliphatic carbocycles. The van der Waals surface area contributed by atoms with Crippen LogP contribution in [0, 0.1) is 0 Å². The predicted octanol–water partition coefficient (Wildman–Crippen LogP) is 0.522. The summed E-state index contributed by atoms with van der Waals surface area (Å²) in [7, 11) is 4.10. The van der Waals surface area contributed by atoms with E-state index in [0.717, 1.165) is 12.1 Å². The fourth-order valence-electron chi connectivity index (χ4n) is 1.30. The summed E-state index contributed by atoms with van der Waals surface area (Å²) in [5, 5.41) is 0. The van der Waals surface area contributed by atoms with Gasteiger partial charge in [0.1, 0.15) is 0 Å². The van der Waals surface area contributed by atoms with E-state index in [1.54, 1.807) is 0 Å². The van der Waals surface area contributed by atoms with Crippen LogP contribution in [0.15, 0.2) is 29.3 Å². The smallest absolute Gasteiger partial charge is 0.186 e. The lowest BCUT2D eigenvalue weighted by atomic mass is 10.1. The molecule has 0 bridgehead atoms. The second kappa shape index (κ2) is 5.36. The van der Waals surface area contributed by atoms with Crippen LogP contribution < -0.4 is 11.5 Å². The first-order valence-electron chi connectivity index (χ1n) is 4.86. The van der Waals surface area contributed by atoms with Crippen LogP contribution in [-0.2, 0) is 13.1 Å². The molecule has 0 aliphatic rings. The van der Waals surface area contributed by atoms with Crippen molar-refractivity contribution in [1.29, 1.82) is 0 Å². The van der Waals surface area contributed by atoms with E-state index in [4.69, 9.17) is 11.5 Å². The summed E-state index contributed by atoms with van der Waals surface area (Å²) < 4.78 is 0. The zero-order chi connectivity index (χ0) is 11.3. The molecule has 4 heteroatoms. The Morgan fingerprint density at radius 1 is 1.13 bits per heavy atom. The Morgan fingerprint density at radius 2 is 1.67 bits per heavy atom. The first-order valence-corrected chi connectivity index (χ1v) is 4.86. The molecular formula is C11H18N4. The Bertz CT molecular complexity index is 323. The zero-order valence-electron chi connectivity index (χ0n) is 9.27. The summed E-state index contributed by atoms with van der Waals surface area (Å²) in [5.74, 6) is 0.132. The molecule has 0 fully saturated rings. The molecule has 0 heterocycles. The maximum atomic E-state index is 5.26. The fourth-order valence-corrected chi connectivity index (χ4v) is 1.30. The topological polar surface area (TPSA) is 67.6 Å². The molecule has 1 rings (SSSR count). The Balaban J connectivity index is 2.60. The lowest BCUT2D eigenvalue weighted by molar-refractivity contribution is 0.402. The van der Waals surface area contributed by atoms with Crippen molar-refractivity contribution in [2.24, 2.45) is 16.5 Å². The minimum atomic E-state index is 0.132. The maximum absolute atomic E-state index is 5.26. The number of guanidine groups is 1. The highest BCUT2D eigenvalue weighted by Gasteiger charge is 1.95. The largest absolute Gasteiger partial charge is 0.370 e. The SMILES string of the molecule is CN(C)Cc1ccc(CN=C(N)N)cc1. The van der Waals surface area contributed by atoms with Crippen molar-refractivity contribution >= 4 is 5.96 Å². The van der Waals surface area contributed by atoms with E-state index in [9.17, 15) is 0 Å². The van der Waals surface area contributed by atoms with E-state index < -0.39 is 0 Å². The van der Waals surface area contributed by atoms with Crippen LogP contribution in [0.2, 0.25) is 0 Å². The number of hydrogen-bond donors (Lipinski definition) is 2. The summed E-state index contributed by atoms with van der Waals surface area (Å²) in [6.07, 6.45) is 0. The average Bonchev–Trinajstić information content (AvgIpc) is 2.16. The van der Waals surface area contributed by atoms with Gasteiger partial charge in [-0.15, -0.1) is 0 Å². The summed E-state index contributed by atoms with van der Waals surface area (Å²) in [5.41, 5.74) is 12.9. The van der Waals surface area contributed by atoms with Crippen molar-refractivity contribution < 1.29 is 0 Å². The molecule has 0 saturated heterocycles. The van der Waals surface area contributed by atoms with Crippen molar-refractivity contribution in [3.05, 3.63) is 35.4 Å². The van der Waals surface area contributed by atoms with Crippen LogP contribution in [0.1, 0.15) is 11.1 Å². The third-order valence-corrected chi connectivity index (χ3v) is 1.97. The highest BCUT2D eigenvalue weighted by Crippen LogP contribution is 2.06. The number of hydrogen-bond acceptors (Lipinski definition) is 2. The van der Waals surface area contributed by atoms with Gasteiger partial charge in [-0.1, -0.05) is 24.3 Å². The van der Waals surface area contributed by atoms with Crippen LogP contribution in [0.4, 0.5) is 0 Å². The van der Waals surface area contributed by atoms with Gasteiger partial charge in [0.2, 0.25) is 0 Å². The molecule has 0 atom stereocenters. The Labute approximate surface area is 90.6 Å². The number of rotatable bonds is 4. The molecule has 0 radical (unpaired) electrons. The van der Waals surface area contributed by atoms with E-state index in [0.29, 0.717) is 6.54 Å². The molecule has 1 aromatic carbocycles. The molecule has 4 nitrogen and oxygen atoms in total. The number of nitrogens with zero attached hydrogens (tertiary/aromatic N) is 2. The van der Waals surface area contributed by atoms with Gasteiger partial charge in [0.15, 0.2) is 5.96 Å². The molecule has 0 amide bonds. The molecule has 1 aromatic rings. The Kier molecular flexibility index (Phi) is 4.12. The molecule has 15 heavy (non-hydrogen) atoms. The number of aliphatic imine (C=N–C) groups is 1. The lowest BCUT2D eigenvalue weighted by Crippen LogP contribution is -2.22. The Hall–Kier alpha value is -1.55. The van der Waals surface area contributed by atoms with Crippen LogP contribution in [0.3, 0.4) is 0 Å². The molecule has 0 saturated carbocycles. The molecule has 0 unspecified atom stereocenters. The monoisotopic (exact) mass is 206 g/mol. The van der Waals surface area contributed by atoms with Crippen molar-refractivity contribution in [3.63, 3.8) is 0 Å². The van der Waals surface area contributed by atoms with Crippen LogP contribution in [0.25, 0.3) is 0 Å². The minimum absolute atomic E-state index is 0.132. The highest BCUT2D eigenvalue weighted by molar-refractivity contribution is 5.75. The van der Waals surface area contributed by atoms with E-state index in [1.807, 2.05) is 26.2 Å². The number of nitrogens with two attached hydrogens (primary N) is 2. The van der Waals surface area contributed by atoms with Crippen molar-refractivity contribution in [2.45, 2.75) is 13.1 Å². The molecule has 82 valence electrons. The van der Waals surface area contributed by atoms with Gasteiger partial charge in [0, 0.05) is 6.54 Å². The van der Waals surface area contributed by atoms with Crippen molar-refractivity contribution in [2.75, 3.05) is 14.1 Å². The summed E-state index contributed by atoms with van der Waals surface area (Å²) >= 11 is 0. The van der Waals surface area contributed by atoms with Crippen molar-refractivity contribution in [3.8, 4) is 0 Å². The highest BCUT2D eigenvalue weighted by atomic mass is 15.0. The summed E-state index contributed by atoms with van der Waals surface area (Å²) in [6, 6.07) is 8.28. The summed E-state index contributed by atoms with van der Waals surface area (Å²) in [6.45, 7) is 1.49. The average molecular weight is 206 g/mol. The predicted molar refractivity (Wildman–Crippen MR) is 63.3 cm³/mol. The number of benzene rings is 1. The second-order valence-electron chi connectivity index (χ2n) is 3.80. The van der Waals surface area contributed by atoms with Gasteiger partial charge in [-0.05, 0) is 25.2 Å². The molecule has 0 aliphatic heterocycles. The van der Waals surface area contributed by atoms with E-state index in [-0.39, 0.29) is 5.96 Å². The normalized spacial score (nSPS) is 10.3. The third kappa shape index (κ3) is 4.46. The van der Waals surface area contributed by atoms with E-state index in [1.165, 1.54) is 5.56 Å². The van der Waals surface area contributed by atoms with Gasteiger partial charge in [0.25, 0.3) is 0 Å². The zero-order valence-corrected chi connectivity index (χ0v) is 9.27. The molecule has 0 spiro atoms. The second-order valence-corrected chi connectivity index (χ2v) is 3.80. The molecular weight excluding hydrogens is 188 g/mol. The van der Waals surface area contributed by atoms with Crippen LogP contribution in [0.5, 0.6) is 0 Å². The maximum Gasteiger partial charge on any atom is 0.186 e.